The van der Waals surface area contributed by atoms with Gasteiger partial charge < -0.3 is 5.11 Å². The van der Waals surface area contributed by atoms with Gasteiger partial charge in [0.1, 0.15) is 0 Å². The van der Waals surface area contributed by atoms with Gasteiger partial charge in [-0.2, -0.15) is 0 Å². The van der Waals surface area contributed by atoms with Crippen LogP contribution in [0, 0.1) is 23.2 Å². The Hall–Kier alpha value is -0.0400. The first-order valence-electron chi connectivity index (χ1n) is 4.71. The zero-order chi connectivity index (χ0) is 8.22. The molecule has 2 aliphatic rings. The summed E-state index contributed by atoms with van der Waals surface area (Å²) in [4.78, 5) is 0. The number of rotatable bonds is 0. The van der Waals surface area contributed by atoms with Gasteiger partial charge in [-0.3, -0.25) is 0 Å². The highest BCUT2D eigenvalue weighted by molar-refractivity contribution is 5.03. The highest BCUT2D eigenvalue weighted by Crippen LogP contribution is 2.58. The van der Waals surface area contributed by atoms with E-state index in [0.717, 1.165) is 18.3 Å². The topological polar surface area (TPSA) is 20.2 Å². The number of aliphatic hydroxyl groups is 1. The lowest BCUT2D eigenvalue weighted by Crippen LogP contribution is -2.35. The second-order valence-electron chi connectivity index (χ2n) is 5.01. The van der Waals surface area contributed by atoms with Crippen molar-refractivity contribution in [1.82, 2.24) is 0 Å². The molecule has 0 amide bonds. The summed E-state index contributed by atoms with van der Waals surface area (Å²) in [6.07, 6.45) is 2.35. The highest BCUT2D eigenvalue weighted by atomic mass is 16.3. The lowest BCUT2D eigenvalue weighted by molar-refractivity contribution is 0.0239. The fourth-order valence-electron chi connectivity index (χ4n) is 3.12. The van der Waals surface area contributed by atoms with E-state index in [1.54, 1.807) is 0 Å². The normalized spacial score (nSPS) is 53.5. The molecule has 1 nitrogen and oxygen atoms in total. The van der Waals surface area contributed by atoms with E-state index in [2.05, 4.69) is 20.8 Å². The number of fused-ring (bicyclic) bond motifs is 2. The zero-order valence-corrected chi connectivity index (χ0v) is 7.67. The summed E-state index contributed by atoms with van der Waals surface area (Å²) in [6, 6.07) is 0. The third-order valence-corrected chi connectivity index (χ3v) is 4.44. The predicted molar refractivity (Wildman–Crippen MR) is 45.2 cm³/mol. The molecule has 0 aliphatic heterocycles. The van der Waals surface area contributed by atoms with Crippen LogP contribution in [-0.4, -0.2) is 11.2 Å². The number of hydrogen-bond acceptors (Lipinski definition) is 1. The minimum Gasteiger partial charge on any atom is -0.393 e. The molecule has 2 bridgehead atoms. The van der Waals surface area contributed by atoms with Crippen molar-refractivity contribution < 1.29 is 5.11 Å². The molecular formula is C10H18O. The molecule has 0 aromatic heterocycles. The van der Waals surface area contributed by atoms with Gasteiger partial charge in [0.25, 0.3) is 0 Å². The van der Waals surface area contributed by atoms with Crippen molar-refractivity contribution in [1.29, 1.82) is 0 Å². The number of aliphatic hydroxyl groups excluding tert-OH is 1. The quantitative estimate of drug-likeness (QED) is 0.566. The average Bonchev–Trinajstić information content (AvgIpc) is 2.36. The van der Waals surface area contributed by atoms with Gasteiger partial charge in [-0.15, -0.1) is 0 Å². The third kappa shape index (κ3) is 0.807. The van der Waals surface area contributed by atoms with E-state index in [1.165, 1.54) is 6.42 Å². The van der Waals surface area contributed by atoms with Crippen LogP contribution < -0.4 is 0 Å². The Kier molecular flexibility index (Phi) is 1.39. The molecule has 1 N–H and O–H groups in total. The molecule has 0 aromatic carbocycles. The summed E-state index contributed by atoms with van der Waals surface area (Å²) in [6.45, 7) is 7.01. The van der Waals surface area contributed by atoms with Gasteiger partial charge in [0.05, 0.1) is 6.10 Å². The van der Waals surface area contributed by atoms with E-state index in [4.69, 9.17) is 0 Å². The fourth-order valence-corrected chi connectivity index (χ4v) is 3.12. The van der Waals surface area contributed by atoms with Crippen LogP contribution in [0.5, 0.6) is 0 Å². The van der Waals surface area contributed by atoms with Gasteiger partial charge in [-0.05, 0) is 36.0 Å². The third-order valence-electron chi connectivity index (χ3n) is 4.44. The molecule has 4 atom stereocenters. The Balaban J connectivity index is 2.25. The molecule has 0 radical (unpaired) electrons. The van der Waals surface area contributed by atoms with Crippen molar-refractivity contribution in [2.24, 2.45) is 23.2 Å². The van der Waals surface area contributed by atoms with Crippen LogP contribution >= 0.6 is 0 Å². The summed E-state index contributed by atoms with van der Waals surface area (Å²) in [5.74, 6) is 2.11. The van der Waals surface area contributed by atoms with E-state index < -0.39 is 0 Å². The maximum absolute atomic E-state index is 9.62. The molecule has 0 heterocycles. The van der Waals surface area contributed by atoms with Crippen LogP contribution in [0.15, 0.2) is 0 Å². The lowest BCUT2D eigenvalue weighted by atomic mass is 9.69. The summed E-state index contributed by atoms with van der Waals surface area (Å²) < 4.78 is 0. The smallest absolute Gasteiger partial charge is 0.0574 e. The van der Waals surface area contributed by atoms with Crippen molar-refractivity contribution >= 4 is 0 Å². The highest BCUT2D eigenvalue weighted by Gasteiger charge is 2.54. The minimum absolute atomic E-state index is 0.0167. The van der Waals surface area contributed by atoms with Crippen LogP contribution in [0.4, 0.5) is 0 Å². The van der Waals surface area contributed by atoms with E-state index in [9.17, 15) is 5.11 Å². The molecule has 2 fully saturated rings. The van der Waals surface area contributed by atoms with E-state index >= 15 is 0 Å². The first-order chi connectivity index (χ1) is 5.03. The maximum atomic E-state index is 9.62. The van der Waals surface area contributed by atoms with Crippen molar-refractivity contribution in [2.75, 3.05) is 0 Å². The summed E-state index contributed by atoms with van der Waals surface area (Å²) in [5.41, 5.74) is 0.490. The largest absolute Gasteiger partial charge is 0.393 e. The molecule has 11 heavy (non-hydrogen) atoms. The standard InChI is InChI=1S/C10H18O/c1-6-8-4-7(5-9(8)11)10(6,2)3/h6-9,11H,4-5H2,1-3H3/t6-,7+,8+,9-/m1/s1. The van der Waals surface area contributed by atoms with E-state index in [-0.39, 0.29) is 6.10 Å². The molecule has 64 valence electrons. The summed E-state index contributed by atoms with van der Waals surface area (Å²) in [7, 11) is 0. The van der Waals surface area contributed by atoms with E-state index in [0.29, 0.717) is 11.3 Å². The first kappa shape index (κ1) is 7.60. The van der Waals surface area contributed by atoms with E-state index in [1.807, 2.05) is 0 Å². The molecule has 0 aromatic rings. The Bertz CT molecular complexity index is 170. The molecule has 0 saturated heterocycles. The first-order valence-corrected chi connectivity index (χ1v) is 4.71. The van der Waals surface area contributed by atoms with Crippen LogP contribution in [0.25, 0.3) is 0 Å². The van der Waals surface area contributed by atoms with Gasteiger partial charge in [-0.25, -0.2) is 0 Å². The molecule has 1 heteroatoms. The zero-order valence-electron chi connectivity index (χ0n) is 7.67. The van der Waals surface area contributed by atoms with Crippen LogP contribution in [-0.2, 0) is 0 Å². The molecule has 0 unspecified atom stereocenters. The van der Waals surface area contributed by atoms with Crippen molar-refractivity contribution in [3.8, 4) is 0 Å². The Morgan fingerprint density at radius 1 is 1.27 bits per heavy atom. The van der Waals surface area contributed by atoms with Crippen molar-refractivity contribution in [3.05, 3.63) is 0 Å². The van der Waals surface area contributed by atoms with Crippen LogP contribution in [0.1, 0.15) is 33.6 Å². The van der Waals surface area contributed by atoms with Gasteiger partial charge in [-0.1, -0.05) is 20.8 Å². The Labute approximate surface area is 68.8 Å². The van der Waals surface area contributed by atoms with Gasteiger partial charge in [0.2, 0.25) is 0 Å². The molecular weight excluding hydrogens is 136 g/mol. The second kappa shape index (κ2) is 2.01. The van der Waals surface area contributed by atoms with Crippen molar-refractivity contribution in [3.63, 3.8) is 0 Å². The average molecular weight is 154 g/mol. The monoisotopic (exact) mass is 154 g/mol. The fraction of sp³-hybridized carbons (Fsp3) is 1.00. The summed E-state index contributed by atoms with van der Waals surface area (Å²) >= 11 is 0. The van der Waals surface area contributed by atoms with Crippen LogP contribution in [0.3, 0.4) is 0 Å². The lowest BCUT2D eigenvalue weighted by Gasteiger charge is -2.38. The number of hydrogen-bond donors (Lipinski definition) is 1. The summed E-state index contributed by atoms with van der Waals surface area (Å²) in [5, 5.41) is 9.62. The molecule has 2 rings (SSSR count). The van der Waals surface area contributed by atoms with Gasteiger partial charge in [0.15, 0.2) is 0 Å². The molecule has 0 spiro atoms. The minimum atomic E-state index is 0.0167. The molecule has 2 saturated carbocycles. The van der Waals surface area contributed by atoms with Crippen molar-refractivity contribution in [2.45, 2.75) is 39.7 Å². The predicted octanol–water partition coefficient (Wildman–Crippen LogP) is 2.05. The Morgan fingerprint density at radius 3 is 2.27 bits per heavy atom. The molecule has 2 aliphatic carbocycles. The van der Waals surface area contributed by atoms with Gasteiger partial charge >= 0.3 is 0 Å². The Morgan fingerprint density at radius 2 is 1.91 bits per heavy atom. The second-order valence-corrected chi connectivity index (χ2v) is 5.01. The van der Waals surface area contributed by atoms with Gasteiger partial charge in [0, 0.05) is 0 Å². The maximum Gasteiger partial charge on any atom is 0.0574 e. The van der Waals surface area contributed by atoms with Crippen LogP contribution in [0.2, 0.25) is 0 Å². The SMILES string of the molecule is C[C@@H]1[C@@H]2C[C@@H](C[C@H]2O)C1(C)C.